The molecule has 10 nitrogen and oxygen atoms in total. The number of fused-ring (bicyclic) bond motifs is 1. The monoisotopic (exact) mass is 459 g/mol. The van der Waals surface area contributed by atoms with Crippen LogP contribution in [0.25, 0.3) is 5.65 Å². The van der Waals surface area contributed by atoms with Gasteiger partial charge in [-0.1, -0.05) is 0 Å². The first kappa shape index (κ1) is 21.3. The Morgan fingerprint density at radius 2 is 2.15 bits per heavy atom. The molecule has 0 aromatic carbocycles. The van der Waals surface area contributed by atoms with Crippen LogP contribution in [-0.4, -0.2) is 76.0 Å². The Hall–Kier alpha value is -3.54. The van der Waals surface area contributed by atoms with Crippen LogP contribution in [0.5, 0.6) is 0 Å². The molecule has 3 aliphatic rings. The van der Waals surface area contributed by atoms with Crippen molar-refractivity contribution >= 4 is 29.0 Å². The van der Waals surface area contributed by atoms with Crippen LogP contribution in [0.1, 0.15) is 23.2 Å². The molecule has 2 aromatic heterocycles. The third-order valence-electron chi connectivity index (χ3n) is 6.07. The molecule has 4 heterocycles. The lowest BCUT2D eigenvalue weighted by Gasteiger charge is -2.36. The number of amides is 1. The molecule has 174 valence electrons. The van der Waals surface area contributed by atoms with Gasteiger partial charge in [-0.3, -0.25) is 9.59 Å². The minimum absolute atomic E-state index is 0.0649. The molecule has 1 aliphatic carbocycles. The number of rotatable bonds is 6. The van der Waals surface area contributed by atoms with E-state index in [0.29, 0.717) is 30.5 Å². The van der Waals surface area contributed by atoms with Crippen LogP contribution in [-0.2, 0) is 9.53 Å². The Morgan fingerprint density at radius 3 is 2.79 bits per heavy atom. The van der Waals surface area contributed by atoms with Crippen molar-refractivity contribution in [1.29, 1.82) is 0 Å². The number of hydrogen-bond donors (Lipinski definition) is 3. The van der Waals surface area contributed by atoms with Crippen molar-refractivity contribution in [2.24, 2.45) is 0 Å². The molecule has 0 radical (unpaired) electrons. The number of carbonyl (C=O) groups is 2. The molecule has 3 N–H and O–H groups in total. The molecule has 1 amide bonds. The molecular formula is C21H23F2N7O3. The van der Waals surface area contributed by atoms with Gasteiger partial charge in [-0.2, -0.15) is 9.61 Å². The van der Waals surface area contributed by atoms with Gasteiger partial charge in [-0.25, -0.2) is 13.8 Å². The highest BCUT2D eigenvalue weighted by molar-refractivity contribution is 6.01. The molecule has 12 heteroatoms. The van der Waals surface area contributed by atoms with E-state index in [1.807, 2.05) is 11.1 Å². The fourth-order valence-corrected chi connectivity index (χ4v) is 3.85. The summed E-state index contributed by atoms with van der Waals surface area (Å²) < 4.78 is 33.8. The van der Waals surface area contributed by atoms with Crippen LogP contribution in [0.3, 0.4) is 0 Å². The third-order valence-corrected chi connectivity index (χ3v) is 6.07. The summed E-state index contributed by atoms with van der Waals surface area (Å²) in [5, 5.41) is 12.5. The van der Waals surface area contributed by atoms with Gasteiger partial charge in [0.25, 0.3) is 11.8 Å². The second-order valence-corrected chi connectivity index (χ2v) is 8.23. The molecule has 5 rings (SSSR count). The Balaban J connectivity index is 1.39. The highest BCUT2D eigenvalue weighted by Gasteiger charge is 2.49. The molecule has 0 spiro atoms. The molecule has 0 bridgehead atoms. The first-order valence-electron chi connectivity index (χ1n) is 10.6. The fraction of sp³-hybridized carbons (Fsp3) is 0.429. The summed E-state index contributed by atoms with van der Waals surface area (Å²) in [4.78, 5) is 31.8. The Morgan fingerprint density at radius 1 is 1.33 bits per heavy atom. The molecule has 1 unspecified atom stereocenters. The van der Waals surface area contributed by atoms with Gasteiger partial charge in [0.2, 0.25) is 0 Å². The van der Waals surface area contributed by atoms with E-state index in [9.17, 15) is 18.4 Å². The van der Waals surface area contributed by atoms with Crippen molar-refractivity contribution in [2.45, 2.75) is 30.8 Å². The summed E-state index contributed by atoms with van der Waals surface area (Å²) in [5.41, 5.74) is 0.581. The third kappa shape index (κ3) is 3.90. The van der Waals surface area contributed by atoms with Crippen molar-refractivity contribution in [2.75, 3.05) is 37.4 Å². The van der Waals surface area contributed by atoms with E-state index in [4.69, 9.17) is 4.74 Å². The normalized spacial score (nSPS) is 22.3. The van der Waals surface area contributed by atoms with Gasteiger partial charge in [0.15, 0.2) is 11.4 Å². The van der Waals surface area contributed by atoms with Gasteiger partial charge in [0, 0.05) is 25.7 Å². The molecule has 33 heavy (non-hydrogen) atoms. The number of allylic oxidation sites excluding steroid dienone is 2. The van der Waals surface area contributed by atoms with E-state index < -0.39 is 17.9 Å². The van der Waals surface area contributed by atoms with Gasteiger partial charge in [-0.05, 0) is 18.6 Å². The van der Waals surface area contributed by atoms with Crippen LogP contribution < -0.4 is 16.0 Å². The van der Waals surface area contributed by atoms with Crippen LogP contribution in [0, 0.1) is 0 Å². The minimum atomic E-state index is -2.91. The van der Waals surface area contributed by atoms with Crippen molar-refractivity contribution < 1.29 is 23.1 Å². The number of halogens is 2. The van der Waals surface area contributed by atoms with Crippen LogP contribution in [0.15, 0.2) is 36.3 Å². The number of ether oxygens (including phenoxy) is 1. The summed E-state index contributed by atoms with van der Waals surface area (Å²) in [6.07, 6.45) is 6.55. The van der Waals surface area contributed by atoms with E-state index >= 15 is 0 Å². The van der Waals surface area contributed by atoms with Gasteiger partial charge >= 0.3 is 0 Å². The quantitative estimate of drug-likeness (QED) is 0.594. The predicted octanol–water partition coefficient (Wildman–Crippen LogP) is 1.39. The number of aromatic nitrogens is 3. The molecular weight excluding hydrogens is 436 g/mol. The highest BCUT2D eigenvalue weighted by Crippen LogP contribution is 2.37. The zero-order chi connectivity index (χ0) is 23.2. The van der Waals surface area contributed by atoms with Crippen molar-refractivity contribution in [3.05, 3.63) is 41.9 Å². The first-order chi connectivity index (χ1) is 15.9. The zero-order valence-electron chi connectivity index (χ0n) is 17.8. The lowest BCUT2D eigenvalue weighted by atomic mass is 9.88. The Labute approximate surface area is 187 Å². The second-order valence-electron chi connectivity index (χ2n) is 8.23. The average molecular weight is 459 g/mol. The number of carbonyl (C=O) groups excluding carboxylic acids is 2. The number of ketones is 1. The molecule has 1 atom stereocenters. The van der Waals surface area contributed by atoms with Gasteiger partial charge in [0.1, 0.15) is 17.2 Å². The van der Waals surface area contributed by atoms with Crippen LogP contribution in [0.2, 0.25) is 0 Å². The predicted molar refractivity (Wildman–Crippen MR) is 115 cm³/mol. The molecule has 1 saturated carbocycles. The Bertz CT molecular complexity index is 1170. The highest BCUT2D eigenvalue weighted by atomic mass is 19.3. The number of Topliss-reactive ketones (excluding diaryl/α,β-unsaturated/α-hetero) is 1. The minimum Gasteiger partial charge on any atom is -0.377 e. The largest absolute Gasteiger partial charge is 0.377 e. The molecule has 2 fully saturated rings. The number of alkyl halides is 2. The first-order valence-corrected chi connectivity index (χ1v) is 10.6. The van der Waals surface area contributed by atoms with Crippen LogP contribution >= 0.6 is 0 Å². The topological polar surface area (TPSA) is 113 Å². The van der Waals surface area contributed by atoms with E-state index in [1.54, 1.807) is 25.3 Å². The average Bonchev–Trinajstić information content (AvgIpc) is 3.10. The summed E-state index contributed by atoms with van der Waals surface area (Å²) in [5.74, 6) is -2.90. The molecule has 1 saturated heterocycles. The fourth-order valence-electron chi connectivity index (χ4n) is 3.85. The summed E-state index contributed by atoms with van der Waals surface area (Å²) in [6.45, 7) is 1.37. The number of nitrogens with one attached hydrogen (secondary N) is 3. The van der Waals surface area contributed by atoms with E-state index in [-0.39, 0.29) is 42.4 Å². The second kappa shape index (κ2) is 8.10. The Kier molecular flexibility index (Phi) is 5.23. The summed E-state index contributed by atoms with van der Waals surface area (Å²) in [7, 11) is 1.67. The number of anilines is 2. The van der Waals surface area contributed by atoms with Crippen molar-refractivity contribution in [3.8, 4) is 0 Å². The lowest BCUT2D eigenvalue weighted by molar-refractivity contribution is -0.118. The SMILES string of the molecule is CNc1cc(NC2=CC=CN(C3COC3)CC2=O)nc2c(C(=O)NC3CCC3(F)F)cnn12. The molecule has 2 aromatic rings. The standard InChI is InChI=1S/C21H23F2N7O3/c1-24-18-7-17(26-14-3-2-6-29(9-15(14)31)12-10-33-11-12)28-19-13(8-25-30(18)19)20(32)27-16-4-5-21(16,22)23/h2-3,6-8,12,16,24H,4-5,9-11H2,1H3,(H,26,28)(H,27,32). The maximum absolute atomic E-state index is 13.6. The van der Waals surface area contributed by atoms with E-state index in [2.05, 4.69) is 26.0 Å². The lowest BCUT2D eigenvalue weighted by Crippen LogP contribution is -2.55. The van der Waals surface area contributed by atoms with Crippen molar-refractivity contribution in [1.82, 2.24) is 24.8 Å². The zero-order valence-corrected chi connectivity index (χ0v) is 17.8. The summed E-state index contributed by atoms with van der Waals surface area (Å²) >= 11 is 0. The van der Waals surface area contributed by atoms with Gasteiger partial charge in [-0.15, -0.1) is 0 Å². The number of nitrogens with zero attached hydrogens (tertiary/aromatic N) is 4. The van der Waals surface area contributed by atoms with Gasteiger partial charge in [0.05, 0.1) is 43.7 Å². The van der Waals surface area contributed by atoms with E-state index in [0.717, 1.165) is 0 Å². The van der Waals surface area contributed by atoms with Gasteiger partial charge < -0.3 is 25.6 Å². The van der Waals surface area contributed by atoms with E-state index in [1.165, 1.54) is 10.7 Å². The maximum atomic E-state index is 13.6. The summed E-state index contributed by atoms with van der Waals surface area (Å²) in [6, 6.07) is 0.621. The molecule has 2 aliphatic heterocycles. The van der Waals surface area contributed by atoms with Crippen molar-refractivity contribution in [3.63, 3.8) is 0 Å². The maximum Gasteiger partial charge on any atom is 0.267 e. The number of hydrogen-bond acceptors (Lipinski definition) is 8. The van der Waals surface area contributed by atoms with Crippen LogP contribution in [0.4, 0.5) is 20.4 Å². The smallest absolute Gasteiger partial charge is 0.267 e.